The van der Waals surface area contributed by atoms with Crippen molar-refractivity contribution in [2.45, 2.75) is 39.7 Å². The Bertz CT molecular complexity index is 118. The number of hydrogen-bond donors (Lipinski definition) is 2. The Labute approximate surface area is 87.8 Å². The highest BCUT2D eigenvalue weighted by Gasteiger charge is 2.02. The van der Waals surface area contributed by atoms with Crippen LogP contribution in [-0.4, -0.2) is 37.5 Å². The summed E-state index contributed by atoms with van der Waals surface area (Å²) in [7, 11) is 0. The molecule has 0 aliphatic rings. The van der Waals surface area contributed by atoms with Crippen molar-refractivity contribution < 1.29 is 9.84 Å². The topological polar surface area (TPSA) is 41.5 Å². The highest BCUT2D eigenvalue weighted by molar-refractivity contribution is 4.61. The number of aliphatic hydroxyl groups is 1. The molecule has 0 bridgehead atoms. The van der Waals surface area contributed by atoms with E-state index in [1.807, 2.05) is 0 Å². The molecule has 0 rings (SSSR count). The molecule has 0 radical (unpaired) electrons. The Balaban J connectivity index is 3.14. The lowest BCUT2D eigenvalue weighted by Crippen LogP contribution is -2.29. The van der Waals surface area contributed by atoms with Gasteiger partial charge in [-0.25, -0.2) is 0 Å². The summed E-state index contributed by atoms with van der Waals surface area (Å²) in [5.74, 6) is 0.782. The van der Waals surface area contributed by atoms with E-state index in [4.69, 9.17) is 9.84 Å². The van der Waals surface area contributed by atoms with E-state index in [2.05, 4.69) is 26.1 Å². The molecule has 3 heteroatoms. The van der Waals surface area contributed by atoms with Crippen LogP contribution in [0.15, 0.2) is 0 Å². The zero-order valence-electron chi connectivity index (χ0n) is 9.75. The summed E-state index contributed by atoms with van der Waals surface area (Å²) in [6.45, 7) is 8.82. The summed E-state index contributed by atoms with van der Waals surface area (Å²) in [6.07, 6.45) is 2.49. The molecule has 0 aromatic heterocycles. The minimum absolute atomic E-state index is 0.114. The van der Waals surface area contributed by atoms with Crippen LogP contribution >= 0.6 is 0 Å². The van der Waals surface area contributed by atoms with Gasteiger partial charge in [0.15, 0.2) is 0 Å². The second-order valence-electron chi connectivity index (χ2n) is 4.16. The highest BCUT2D eigenvalue weighted by atomic mass is 16.5. The fourth-order valence-corrected chi connectivity index (χ4v) is 1.23. The molecule has 3 nitrogen and oxygen atoms in total. The van der Waals surface area contributed by atoms with Gasteiger partial charge >= 0.3 is 0 Å². The van der Waals surface area contributed by atoms with Crippen LogP contribution in [0.3, 0.4) is 0 Å². The number of ether oxygens (including phenoxy) is 1. The normalized spacial score (nSPS) is 13.5. The van der Waals surface area contributed by atoms with Gasteiger partial charge in [0.25, 0.3) is 0 Å². The third kappa shape index (κ3) is 9.96. The van der Waals surface area contributed by atoms with Crippen LogP contribution in [-0.2, 0) is 4.74 Å². The molecular weight excluding hydrogens is 178 g/mol. The van der Waals surface area contributed by atoms with Crippen LogP contribution in [0.4, 0.5) is 0 Å². The molecule has 14 heavy (non-hydrogen) atoms. The van der Waals surface area contributed by atoms with E-state index in [9.17, 15) is 0 Å². The average Bonchev–Trinajstić information content (AvgIpc) is 2.14. The first kappa shape index (κ1) is 13.9. The Morgan fingerprint density at radius 1 is 1.14 bits per heavy atom. The van der Waals surface area contributed by atoms with Gasteiger partial charge in [-0.1, -0.05) is 13.8 Å². The monoisotopic (exact) mass is 203 g/mol. The molecule has 0 spiro atoms. The average molecular weight is 203 g/mol. The molecule has 0 saturated heterocycles. The Kier molecular flexibility index (Phi) is 9.35. The van der Waals surface area contributed by atoms with Gasteiger partial charge in [-0.05, 0) is 25.7 Å². The SMILES string of the molecule is CC(C)CCC(C)NCCOCCO. The molecule has 1 atom stereocenters. The van der Waals surface area contributed by atoms with Crippen molar-refractivity contribution >= 4 is 0 Å². The van der Waals surface area contributed by atoms with Crippen molar-refractivity contribution in [2.75, 3.05) is 26.4 Å². The van der Waals surface area contributed by atoms with Crippen LogP contribution in [0, 0.1) is 5.92 Å². The zero-order chi connectivity index (χ0) is 10.8. The van der Waals surface area contributed by atoms with Gasteiger partial charge in [0.05, 0.1) is 19.8 Å². The first-order valence-corrected chi connectivity index (χ1v) is 5.58. The molecule has 0 saturated carbocycles. The van der Waals surface area contributed by atoms with Crippen LogP contribution in [0.5, 0.6) is 0 Å². The quantitative estimate of drug-likeness (QED) is 0.557. The molecule has 0 aliphatic heterocycles. The molecule has 2 N–H and O–H groups in total. The Hall–Kier alpha value is -0.120. The molecule has 0 fully saturated rings. The van der Waals surface area contributed by atoms with Gasteiger partial charge in [0.2, 0.25) is 0 Å². The van der Waals surface area contributed by atoms with E-state index in [1.165, 1.54) is 12.8 Å². The third-order valence-electron chi connectivity index (χ3n) is 2.15. The van der Waals surface area contributed by atoms with Gasteiger partial charge in [-0.2, -0.15) is 0 Å². The van der Waals surface area contributed by atoms with Crippen molar-refractivity contribution in [1.29, 1.82) is 0 Å². The maximum atomic E-state index is 8.47. The summed E-state index contributed by atoms with van der Waals surface area (Å²) in [5.41, 5.74) is 0. The minimum atomic E-state index is 0.114. The van der Waals surface area contributed by atoms with E-state index >= 15 is 0 Å². The lowest BCUT2D eigenvalue weighted by atomic mass is 10.0. The van der Waals surface area contributed by atoms with E-state index in [0.29, 0.717) is 19.3 Å². The Morgan fingerprint density at radius 3 is 2.43 bits per heavy atom. The van der Waals surface area contributed by atoms with Crippen molar-refractivity contribution in [1.82, 2.24) is 5.32 Å². The maximum Gasteiger partial charge on any atom is 0.0698 e. The fraction of sp³-hybridized carbons (Fsp3) is 1.00. The zero-order valence-corrected chi connectivity index (χ0v) is 9.75. The van der Waals surface area contributed by atoms with E-state index in [-0.39, 0.29) is 6.61 Å². The standard InChI is InChI=1S/C11H25NO2/c1-10(2)4-5-11(3)12-6-8-14-9-7-13/h10-13H,4-9H2,1-3H3. The number of aliphatic hydroxyl groups excluding tert-OH is 1. The number of hydrogen-bond acceptors (Lipinski definition) is 3. The van der Waals surface area contributed by atoms with Crippen molar-refractivity contribution in [3.05, 3.63) is 0 Å². The summed E-state index contributed by atoms with van der Waals surface area (Å²) >= 11 is 0. The molecule has 0 amide bonds. The number of rotatable bonds is 9. The summed E-state index contributed by atoms with van der Waals surface area (Å²) in [4.78, 5) is 0. The summed E-state index contributed by atoms with van der Waals surface area (Å²) in [5, 5.41) is 11.9. The van der Waals surface area contributed by atoms with Crippen molar-refractivity contribution in [3.8, 4) is 0 Å². The van der Waals surface area contributed by atoms with Crippen LogP contribution in [0.25, 0.3) is 0 Å². The van der Waals surface area contributed by atoms with Gasteiger partial charge in [-0.15, -0.1) is 0 Å². The molecule has 0 aromatic carbocycles. The molecule has 1 unspecified atom stereocenters. The number of nitrogens with one attached hydrogen (secondary N) is 1. The largest absolute Gasteiger partial charge is 0.394 e. The smallest absolute Gasteiger partial charge is 0.0698 e. The maximum absolute atomic E-state index is 8.47. The van der Waals surface area contributed by atoms with E-state index in [0.717, 1.165) is 12.5 Å². The van der Waals surface area contributed by atoms with Crippen LogP contribution in [0.2, 0.25) is 0 Å². The second kappa shape index (κ2) is 9.44. The lowest BCUT2D eigenvalue weighted by molar-refractivity contribution is 0.0926. The summed E-state index contributed by atoms with van der Waals surface area (Å²) < 4.78 is 5.15. The molecule has 0 heterocycles. The van der Waals surface area contributed by atoms with Crippen LogP contribution < -0.4 is 5.32 Å². The van der Waals surface area contributed by atoms with E-state index < -0.39 is 0 Å². The molecule has 0 aromatic rings. The van der Waals surface area contributed by atoms with Gasteiger partial charge in [0, 0.05) is 12.6 Å². The lowest BCUT2D eigenvalue weighted by Gasteiger charge is -2.14. The predicted octanol–water partition coefficient (Wildman–Crippen LogP) is 1.41. The molecular formula is C11H25NO2. The van der Waals surface area contributed by atoms with Crippen molar-refractivity contribution in [3.63, 3.8) is 0 Å². The van der Waals surface area contributed by atoms with Gasteiger partial charge in [-0.3, -0.25) is 0 Å². The highest BCUT2D eigenvalue weighted by Crippen LogP contribution is 2.05. The van der Waals surface area contributed by atoms with Gasteiger partial charge in [0.1, 0.15) is 0 Å². The first-order chi connectivity index (χ1) is 6.66. The fourth-order valence-electron chi connectivity index (χ4n) is 1.23. The minimum Gasteiger partial charge on any atom is -0.394 e. The second-order valence-corrected chi connectivity index (χ2v) is 4.16. The van der Waals surface area contributed by atoms with Crippen molar-refractivity contribution in [2.24, 2.45) is 5.92 Å². The molecule has 86 valence electrons. The third-order valence-corrected chi connectivity index (χ3v) is 2.15. The van der Waals surface area contributed by atoms with Gasteiger partial charge < -0.3 is 15.2 Å². The van der Waals surface area contributed by atoms with Crippen LogP contribution in [0.1, 0.15) is 33.6 Å². The molecule has 0 aliphatic carbocycles. The summed E-state index contributed by atoms with van der Waals surface area (Å²) in [6, 6.07) is 0.565. The Morgan fingerprint density at radius 2 is 1.86 bits per heavy atom. The first-order valence-electron chi connectivity index (χ1n) is 5.58. The predicted molar refractivity (Wildman–Crippen MR) is 59.4 cm³/mol. The van der Waals surface area contributed by atoms with E-state index in [1.54, 1.807) is 0 Å².